The van der Waals surface area contributed by atoms with E-state index in [-0.39, 0.29) is 29.7 Å². The van der Waals surface area contributed by atoms with Crippen molar-refractivity contribution in [2.45, 2.75) is 38.8 Å². The first-order valence-corrected chi connectivity index (χ1v) is 9.51. The van der Waals surface area contributed by atoms with Crippen LogP contribution in [0, 0.1) is 5.41 Å². The normalized spacial score (nSPS) is 30.0. The summed E-state index contributed by atoms with van der Waals surface area (Å²) in [7, 11) is 0. The Kier molecular flexibility index (Phi) is 4.03. The second-order valence-electron chi connectivity index (χ2n) is 8.43. The van der Waals surface area contributed by atoms with E-state index in [9.17, 15) is 14.4 Å². The zero-order valence-electron chi connectivity index (χ0n) is 15.9. The third-order valence-electron chi connectivity index (χ3n) is 6.44. The van der Waals surface area contributed by atoms with Crippen molar-refractivity contribution >= 4 is 23.4 Å². The van der Waals surface area contributed by atoms with Gasteiger partial charge >= 0.3 is 0 Å². The second-order valence-corrected chi connectivity index (χ2v) is 8.43. The van der Waals surface area contributed by atoms with E-state index in [1.807, 2.05) is 13.0 Å². The van der Waals surface area contributed by atoms with Gasteiger partial charge in [-0.05, 0) is 43.9 Å². The number of carbonyl (C=O) groups is 3. The minimum Gasteiger partial charge on any atom is -0.341 e. The fraction of sp³-hybridized carbons (Fsp3) is 0.550. The Morgan fingerprint density at radius 1 is 1.19 bits per heavy atom. The Labute approximate surface area is 159 Å². The third-order valence-corrected chi connectivity index (χ3v) is 6.44. The van der Waals surface area contributed by atoms with Crippen LogP contribution in [0.25, 0.3) is 0 Å². The fourth-order valence-corrected chi connectivity index (χ4v) is 4.58. The molecule has 3 heterocycles. The van der Waals surface area contributed by atoms with Gasteiger partial charge in [0.2, 0.25) is 11.8 Å². The van der Waals surface area contributed by atoms with Gasteiger partial charge in [-0.2, -0.15) is 0 Å². The predicted molar refractivity (Wildman–Crippen MR) is 101 cm³/mol. The number of nitrogens with zero attached hydrogens (tertiary/aromatic N) is 3. The molecule has 0 saturated carbocycles. The molecule has 2 fully saturated rings. The van der Waals surface area contributed by atoms with Crippen LogP contribution in [0.2, 0.25) is 0 Å². The molecule has 0 bridgehead atoms. The van der Waals surface area contributed by atoms with Crippen molar-refractivity contribution in [3.8, 4) is 0 Å². The van der Waals surface area contributed by atoms with Crippen LogP contribution in [-0.2, 0) is 9.59 Å². The molecule has 2 atom stereocenters. The minimum absolute atomic E-state index is 0.00761. The van der Waals surface area contributed by atoms with Crippen LogP contribution >= 0.6 is 0 Å². The molecule has 0 spiro atoms. The van der Waals surface area contributed by atoms with Crippen LogP contribution in [0.4, 0.5) is 5.69 Å². The summed E-state index contributed by atoms with van der Waals surface area (Å²) in [4.78, 5) is 43.8. The molecular weight excluding hydrogens is 344 g/mol. The molecule has 7 nitrogen and oxygen atoms in total. The number of nitrogens with two attached hydrogens (primary N) is 1. The summed E-state index contributed by atoms with van der Waals surface area (Å²) < 4.78 is 0. The first kappa shape index (κ1) is 18.0. The number of likely N-dealkylation sites (tertiary alicyclic amines) is 1. The lowest BCUT2D eigenvalue weighted by Gasteiger charge is -2.48. The largest absolute Gasteiger partial charge is 0.341 e. The SMILES string of the molecule is CC1(CN)CCN(C(=O)CN2C(=O)c3ccccc3N3C(=O)CCC23C)C1. The van der Waals surface area contributed by atoms with Gasteiger partial charge in [-0.15, -0.1) is 0 Å². The molecule has 0 radical (unpaired) electrons. The van der Waals surface area contributed by atoms with Crippen LogP contribution in [-0.4, -0.2) is 59.4 Å². The number of rotatable bonds is 3. The molecule has 2 unspecified atom stereocenters. The number of fused-ring (bicyclic) bond motifs is 3. The standard InChI is InChI=1S/C20H26N4O3/c1-19(12-21)9-10-22(13-19)17(26)11-23-18(27)14-5-3-4-6-15(14)24-16(25)7-8-20(23,24)2/h3-6H,7-13,21H2,1-2H3. The Bertz CT molecular complexity index is 825. The number of benzene rings is 1. The highest BCUT2D eigenvalue weighted by Gasteiger charge is 2.53. The van der Waals surface area contributed by atoms with Gasteiger partial charge in [-0.25, -0.2) is 0 Å². The first-order chi connectivity index (χ1) is 12.8. The van der Waals surface area contributed by atoms with Crippen molar-refractivity contribution in [1.82, 2.24) is 9.80 Å². The molecule has 2 N–H and O–H groups in total. The highest BCUT2D eigenvalue weighted by Crippen LogP contribution is 2.44. The van der Waals surface area contributed by atoms with Crippen molar-refractivity contribution in [2.24, 2.45) is 11.1 Å². The number of anilines is 1. The molecule has 4 rings (SSSR count). The van der Waals surface area contributed by atoms with E-state index >= 15 is 0 Å². The molecule has 0 aliphatic carbocycles. The Hall–Kier alpha value is -2.41. The van der Waals surface area contributed by atoms with Gasteiger partial charge in [0.15, 0.2) is 0 Å². The summed E-state index contributed by atoms with van der Waals surface area (Å²) in [5.41, 5.74) is 6.12. The second kappa shape index (κ2) is 6.05. The van der Waals surface area contributed by atoms with E-state index in [1.54, 1.807) is 32.9 Å². The molecule has 3 amide bonds. The topological polar surface area (TPSA) is 86.9 Å². The van der Waals surface area contributed by atoms with Crippen LogP contribution in [0.1, 0.15) is 43.5 Å². The van der Waals surface area contributed by atoms with E-state index in [4.69, 9.17) is 5.73 Å². The summed E-state index contributed by atoms with van der Waals surface area (Å²) in [6, 6.07) is 7.15. The number of para-hydroxylation sites is 1. The average Bonchev–Trinajstić information content (AvgIpc) is 3.20. The van der Waals surface area contributed by atoms with Crippen molar-refractivity contribution in [3.05, 3.63) is 29.8 Å². The molecular formula is C20H26N4O3. The number of amides is 3. The quantitative estimate of drug-likeness (QED) is 0.866. The molecule has 0 aromatic heterocycles. The lowest BCUT2D eigenvalue weighted by molar-refractivity contribution is -0.132. The minimum atomic E-state index is -0.797. The Morgan fingerprint density at radius 3 is 2.63 bits per heavy atom. The predicted octanol–water partition coefficient (Wildman–Crippen LogP) is 1.18. The van der Waals surface area contributed by atoms with Crippen molar-refractivity contribution < 1.29 is 14.4 Å². The summed E-state index contributed by atoms with van der Waals surface area (Å²) in [6.45, 7) is 5.75. The van der Waals surface area contributed by atoms with E-state index in [0.717, 1.165) is 6.42 Å². The van der Waals surface area contributed by atoms with Crippen LogP contribution < -0.4 is 10.6 Å². The highest BCUT2D eigenvalue weighted by molar-refractivity contribution is 6.11. The van der Waals surface area contributed by atoms with Gasteiger partial charge < -0.3 is 15.5 Å². The van der Waals surface area contributed by atoms with E-state index < -0.39 is 5.66 Å². The Morgan fingerprint density at radius 2 is 1.93 bits per heavy atom. The van der Waals surface area contributed by atoms with E-state index in [1.165, 1.54) is 0 Å². The number of hydrogen-bond acceptors (Lipinski definition) is 4. The molecule has 1 aromatic carbocycles. The summed E-state index contributed by atoms with van der Waals surface area (Å²) in [5.74, 6) is -0.277. The average molecular weight is 370 g/mol. The number of hydrogen-bond donors (Lipinski definition) is 1. The smallest absolute Gasteiger partial charge is 0.258 e. The maximum atomic E-state index is 13.2. The molecule has 1 aromatic rings. The zero-order chi connectivity index (χ0) is 19.4. The third kappa shape index (κ3) is 2.64. The molecule has 7 heteroatoms. The van der Waals surface area contributed by atoms with Crippen LogP contribution in [0.3, 0.4) is 0 Å². The lowest BCUT2D eigenvalue weighted by Crippen LogP contribution is -2.64. The van der Waals surface area contributed by atoms with Gasteiger partial charge in [0, 0.05) is 19.5 Å². The molecule has 27 heavy (non-hydrogen) atoms. The van der Waals surface area contributed by atoms with Crippen LogP contribution in [0.5, 0.6) is 0 Å². The maximum absolute atomic E-state index is 13.2. The van der Waals surface area contributed by atoms with Gasteiger partial charge in [-0.1, -0.05) is 19.1 Å². The van der Waals surface area contributed by atoms with Crippen molar-refractivity contribution in [3.63, 3.8) is 0 Å². The van der Waals surface area contributed by atoms with E-state index in [0.29, 0.717) is 43.7 Å². The zero-order valence-corrected chi connectivity index (χ0v) is 15.9. The van der Waals surface area contributed by atoms with Gasteiger partial charge in [0.25, 0.3) is 5.91 Å². The van der Waals surface area contributed by atoms with Crippen molar-refractivity contribution in [2.75, 3.05) is 31.1 Å². The van der Waals surface area contributed by atoms with Crippen LogP contribution in [0.15, 0.2) is 24.3 Å². The molecule has 3 aliphatic heterocycles. The Balaban J connectivity index is 1.64. The summed E-state index contributed by atoms with van der Waals surface area (Å²) >= 11 is 0. The fourth-order valence-electron chi connectivity index (χ4n) is 4.58. The van der Waals surface area contributed by atoms with Gasteiger partial charge in [0.05, 0.1) is 11.3 Å². The first-order valence-electron chi connectivity index (χ1n) is 9.51. The number of carbonyl (C=O) groups excluding carboxylic acids is 3. The molecule has 3 aliphatic rings. The molecule has 144 valence electrons. The van der Waals surface area contributed by atoms with Gasteiger partial charge in [0.1, 0.15) is 12.2 Å². The lowest BCUT2D eigenvalue weighted by atomic mass is 9.90. The summed E-state index contributed by atoms with van der Waals surface area (Å²) in [5, 5.41) is 0. The van der Waals surface area contributed by atoms with Gasteiger partial charge in [-0.3, -0.25) is 19.3 Å². The summed E-state index contributed by atoms with van der Waals surface area (Å²) in [6.07, 6.45) is 1.77. The maximum Gasteiger partial charge on any atom is 0.258 e. The monoisotopic (exact) mass is 370 g/mol. The highest BCUT2D eigenvalue weighted by atomic mass is 16.2. The van der Waals surface area contributed by atoms with E-state index in [2.05, 4.69) is 6.92 Å². The van der Waals surface area contributed by atoms with Crippen molar-refractivity contribution in [1.29, 1.82) is 0 Å². The molecule has 2 saturated heterocycles.